The lowest BCUT2D eigenvalue weighted by molar-refractivity contribution is 0.438. The van der Waals surface area contributed by atoms with Gasteiger partial charge in [-0.2, -0.15) is 3.97 Å². The molecular weight excluding hydrogens is 352 g/mol. The molecule has 2 N–H and O–H groups in total. The highest BCUT2D eigenvalue weighted by Gasteiger charge is 2.26. The SMILES string of the molecule is O=c1[nH]c(Cc2ccccc2)c(O)n1S(=O)(=O)c1ccc(Cl)cc1. The van der Waals surface area contributed by atoms with Gasteiger partial charge in [-0.1, -0.05) is 41.9 Å². The first-order valence-corrected chi connectivity index (χ1v) is 8.79. The van der Waals surface area contributed by atoms with E-state index in [-0.39, 0.29) is 17.0 Å². The van der Waals surface area contributed by atoms with Crippen molar-refractivity contribution >= 4 is 21.6 Å². The maximum absolute atomic E-state index is 12.6. The third kappa shape index (κ3) is 2.95. The Balaban J connectivity index is 2.06. The van der Waals surface area contributed by atoms with Crippen molar-refractivity contribution in [2.24, 2.45) is 0 Å². The lowest BCUT2D eigenvalue weighted by Gasteiger charge is -2.06. The number of hydrogen-bond acceptors (Lipinski definition) is 4. The number of rotatable bonds is 4. The van der Waals surface area contributed by atoms with E-state index in [1.165, 1.54) is 24.3 Å². The Morgan fingerprint density at radius 2 is 1.67 bits per heavy atom. The van der Waals surface area contributed by atoms with Gasteiger partial charge in [0.15, 0.2) is 0 Å². The molecule has 0 atom stereocenters. The number of hydrogen-bond donors (Lipinski definition) is 2. The molecule has 3 aromatic rings. The van der Waals surface area contributed by atoms with Gasteiger partial charge in [-0.15, -0.1) is 0 Å². The zero-order chi connectivity index (χ0) is 17.3. The summed E-state index contributed by atoms with van der Waals surface area (Å²) in [6.07, 6.45) is 0.199. The van der Waals surface area contributed by atoms with Crippen molar-refractivity contribution in [2.45, 2.75) is 11.3 Å². The van der Waals surface area contributed by atoms with Crippen LogP contribution in [-0.2, 0) is 16.4 Å². The molecular formula is C16H13ClN2O4S. The molecule has 3 rings (SSSR count). The van der Waals surface area contributed by atoms with Crippen molar-refractivity contribution in [3.05, 3.63) is 81.4 Å². The van der Waals surface area contributed by atoms with Crippen molar-refractivity contribution in [1.29, 1.82) is 0 Å². The maximum atomic E-state index is 12.6. The summed E-state index contributed by atoms with van der Waals surface area (Å²) >= 11 is 5.75. The second-order valence-electron chi connectivity index (χ2n) is 5.12. The standard InChI is InChI=1S/C16H13ClN2O4S/c17-12-6-8-13(9-7-12)24(22,23)19-15(20)14(18-16(19)21)10-11-4-2-1-3-5-11/h1-9,20H,10H2,(H,18,21). The molecule has 1 aromatic heterocycles. The molecule has 124 valence electrons. The van der Waals surface area contributed by atoms with E-state index < -0.39 is 21.6 Å². The van der Waals surface area contributed by atoms with Crippen LogP contribution < -0.4 is 5.69 Å². The number of aromatic amines is 1. The van der Waals surface area contributed by atoms with Crippen LogP contribution in [0.5, 0.6) is 5.88 Å². The van der Waals surface area contributed by atoms with E-state index in [0.29, 0.717) is 9.00 Å². The number of benzene rings is 2. The Bertz CT molecular complexity index is 1020. The monoisotopic (exact) mass is 364 g/mol. The van der Waals surface area contributed by atoms with Crippen LogP contribution in [0.2, 0.25) is 5.02 Å². The summed E-state index contributed by atoms with van der Waals surface area (Å²) in [6, 6.07) is 14.4. The first-order valence-electron chi connectivity index (χ1n) is 6.97. The minimum Gasteiger partial charge on any atom is -0.492 e. The van der Waals surface area contributed by atoms with Crippen molar-refractivity contribution < 1.29 is 13.5 Å². The van der Waals surface area contributed by atoms with Crippen LogP contribution in [0.4, 0.5) is 0 Å². The number of nitrogens with zero attached hydrogens (tertiary/aromatic N) is 1. The average molecular weight is 365 g/mol. The summed E-state index contributed by atoms with van der Waals surface area (Å²) in [5.74, 6) is -0.626. The van der Waals surface area contributed by atoms with E-state index in [1.807, 2.05) is 30.3 Å². The first kappa shape index (κ1) is 16.4. The Morgan fingerprint density at radius 3 is 2.29 bits per heavy atom. The predicted molar refractivity (Wildman–Crippen MR) is 90.0 cm³/mol. The Morgan fingerprint density at radius 1 is 1.04 bits per heavy atom. The van der Waals surface area contributed by atoms with Crippen molar-refractivity contribution in [1.82, 2.24) is 8.96 Å². The second-order valence-corrected chi connectivity index (χ2v) is 7.34. The summed E-state index contributed by atoms with van der Waals surface area (Å²) in [5, 5.41) is 10.6. The average Bonchev–Trinajstić information content (AvgIpc) is 2.83. The molecule has 0 radical (unpaired) electrons. The highest BCUT2D eigenvalue weighted by molar-refractivity contribution is 7.90. The third-order valence-corrected chi connectivity index (χ3v) is 5.42. The maximum Gasteiger partial charge on any atom is 0.343 e. The molecule has 1 heterocycles. The van der Waals surface area contributed by atoms with Gasteiger partial charge in [-0.3, -0.25) is 0 Å². The van der Waals surface area contributed by atoms with E-state index in [9.17, 15) is 18.3 Å². The molecule has 6 nitrogen and oxygen atoms in total. The van der Waals surface area contributed by atoms with E-state index >= 15 is 0 Å². The molecule has 0 saturated carbocycles. The number of halogens is 1. The normalized spacial score (nSPS) is 11.5. The summed E-state index contributed by atoms with van der Waals surface area (Å²) in [5.41, 5.74) is 0.0298. The van der Waals surface area contributed by atoms with Crippen LogP contribution in [0.15, 0.2) is 64.3 Å². The molecule has 2 aromatic carbocycles. The Labute approximate surface area is 143 Å². The van der Waals surface area contributed by atoms with E-state index in [4.69, 9.17) is 11.6 Å². The smallest absolute Gasteiger partial charge is 0.343 e. The van der Waals surface area contributed by atoms with E-state index in [0.717, 1.165) is 5.56 Å². The summed E-state index contributed by atoms with van der Waals surface area (Å²) < 4.78 is 25.5. The van der Waals surface area contributed by atoms with Crippen LogP contribution in [-0.4, -0.2) is 22.5 Å². The summed E-state index contributed by atoms with van der Waals surface area (Å²) in [7, 11) is -4.22. The van der Waals surface area contributed by atoms with Gasteiger partial charge in [0.2, 0.25) is 5.88 Å². The van der Waals surface area contributed by atoms with Crippen LogP contribution >= 0.6 is 11.6 Å². The van der Waals surface area contributed by atoms with Crippen LogP contribution in [0, 0.1) is 0 Å². The van der Waals surface area contributed by atoms with Gasteiger partial charge in [0.25, 0.3) is 10.0 Å². The number of nitrogens with one attached hydrogen (secondary N) is 1. The van der Waals surface area contributed by atoms with Crippen LogP contribution in [0.3, 0.4) is 0 Å². The van der Waals surface area contributed by atoms with Crippen molar-refractivity contribution in [3.8, 4) is 5.88 Å². The molecule has 0 aliphatic carbocycles. The topological polar surface area (TPSA) is 92.2 Å². The number of aromatic nitrogens is 2. The highest BCUT2D eigenvalue weighted by Crippen LogP contribution is 2.23. The minimum absolute atomic E-state index is 0.128. The van der Waals surface area contributed by atoms with Gasteiger partial charge in [0, 0.05) is 11.4 Å². The lowest BCUT2D eigenvalue weighted by Crippen LogP contribution is -2.24. The molecule has 0 unspecified atom stereocenters. The van der Waals surface area contributed by atoms with E-state index in [1.54, 1.807) is 0 Å². The number of aromatic hydroxyl groups is 1. The zero-order valence-corrected chi connectivity index (χ0v) is 13.9. The largest absolute Gasteiger partial charge is 0.492 e. The fraction of sp³-hybridized carbons (Fsp3) is 0.0625. The van der Waals surface area contributed by atoms with Gasteiger partial charge >= 0.3 is 5.69 Å². The van der Waals surface area contributed by atoms with Crippen LogP contribution in [0.25, 0.3) is 0 Å². The number of H-pyrrole nitrogens is 1. The third-order valence-electron chi connectivity index (χ3n) is 3.48. The molecule has 0 aliphatic rings. The molecule has 0 saturated heterocycles. The van der Waals surface area contributed by atoms with Gasteiger partial charge < -0.3 is 10.1 Å². The molecule has 0 fully saturated rings. The fourth-order valence-electron chi connectivity index (χ4n) is 2.31. The molecule has 0 amide bonds. The molecule has 8 heteroatoms. The molecule has 24 heavy (non-hydrogen) atoms. The second kappa shape index (κ2) is 6.18. The van der Waals surface area contributed by atoms with Crippen LogP contribution in [0.1, 0.15) is 11.3 Å². The summed E-state index contributed by atoms with van der Waals surface area (Å²) in [4.78, 5) is 14.3. The fourth-order valence-corrected chi connectivity index (χ4v) is 3.73. The molecule has 0 aliphatic heterocycles. The zero-order valence-electron chi connectivity index (χ0n) is 12.3. The molecule has 0 bridgehead atoms. The first-order chi connectivity index (χ1) is 11.4. The van der Waals surface area contributed by atoms with E-state index in [2.05, 4.69) is 4.98 Å². The summed E-state index contributed by atoms with van der Waals surface area (Å²) in [6.45, 7) is 0. The number of imidazole rings is 1. The predicted octanol–water partition coefficient (Wildman–Crippen LogP) is 2.36. The molecule has 0 spiro atoms. The van der Waals surface area contributed by atoms with Gasteiger partial charge in [-0.25, -0.2) is 13.2 Å². The van der Waals surface area contributed by atoms with Gasteiger partial charge in [-0.05, 0) is 29.8 Å². The quantitative estimate of drug-likeness (QED) is 0.743. The van der Waals surface area contributed by atoms with Gasteiger partial charge in [0.05, 0.1) is 10.6 Å². The van der Waals surface area contributed by atoms with Crippen molar-refractivity contribution in [2.75, 3.05) is 0 Å². The highest BCUT2D eigenvalue weighted by atomic mass is 35.5. The lowest BCUT2D eigenvalue weighted by atomic mass is 10.1. The Hall–Kier alpha value is -2.51. The minimum atomic E-state index is -4.22. The van der Waals surface area contributed by atoms with Gasteiger partial charge in [0.1, 0.15) is 0 Å². The van der Waals surface area contributed by atoms with Crippen molar-refractivity contribution in [3.63, 3.8) is 0 Å². The Kier molecular flexibility index (Phi) is 4.21.